The molecule has 142 valence electrons. The number of hydrogen-bond donors (Lipinski definition) is 1. The largest absolute Gasteiger partial charge is 0.458 e. The molecule has 0 saturated heterocycles. The van der Waals surface area contributed by atoms with Gasteiger partial charge in [0.1, 0.15) is 29.0 Å². The maximum atomic E-state index is 14.6. The van der Waals surface area contributed by atoms with Crippen LogP contribution >= 0.6 is 0 Å². The zero-order valence-electron chi connectivity index (χ0n) is 15.0. The minimum absolute atomic E-state index is 0.122. The Kier molecular flexibility index (Phi) is 3.83. The number of fused-ring (bicyclic) bond motifs is 2. The fourth-order valence-corrected chi connectivity index (χ4v) is 3.41. The third-order valence-electron chi connectivity index (χ3n) is 4.76. The average Bonchev–Trinajstić information content (AvgIpc) is 3.14. The molecule has 0 saturated carbocycles. The second-order valence-corrected chi connectivity index (χ2v) is 6.51. The van der Waals surface area contributed by atoms with Crippen molar-refractivity contribution < 1.29 is 8.81 Å². The summed E-state index contributed by atoms with van der Waals surface area (Å²) in [5.74, 6) is 0.0525. The molecule has 0 aliphatic carbocycles. The van der Waals surface area contributed by atoms with E-state index in [4.69, 9.17) is 10.2 Å². The van der Waals surface area contributed by atoms with Crippen molar-refractivity contribution in [2.24, 2.45) is 0 Å². The number of halogens is 1. The van der Waals surface area contributed by atoms with Crippen molar-refractivity contribution in [3.8, 4) is 11.1 Å². The lowest BCUT2D eigenvalue weighted by Crippen LogP contribution is -2.12. The van der Waals surface area contributed by atoms with E-state index in [1.54, 1.807) is 47.0 Å². The van der Waals surface area contributed by atoms with Crippen LogP contribution in [0.3, 0.4) is 0 Å². The second kappa shape index (κ2) is 6.52. The van der Waals surface area contributed by atoms with E-state index in [9.17, 15) is 9.18 Å². The summed E-state index contributed by atoms with van der Waals surface area (Å²) in [4.78, 5) is 25.6. The van der Waals surface area contributed by atoms with E-state index >= 15 is 0 Å². The Balaban J connectivity index is 1.78. The van der Waals surface area contributed by atoms with Crippen LogP contribution in [0, 0.1) is 5.82 Å². The van der Waals surface area contributed by atoms with E-state index in [1.807, 2.05) is 0 Å². The minimum atomic E-state index is -0.501. The number of benzene rings is 2. The van der Waals surface area contributed by atoms with Gasteiger partial charge in [0.15, 0.2) is 11.5 Å². The second-order valence-electron chi connectivity index (χ2n) is 6.51. The molecule has 0 atom stereocenters. The van der Waals surface area contributed by atoms with Crippen LogP contribution in [0.5, 0.6) is 0 Å². The molecule has 0 unspecified atom stereocenters. The zero-order chi connectivity index (χ0) is 20.0. The summed E-state index contributed by atoms with van der Waals surface area (Å²) in [6.07, 6.45) is 2.88. The van der Waals surface area contributed by atoms with Gasteiger partial charge in [0.05, 0.1) is 23.8 Å². The predicted molar refractivity (Wildman–Crippen MR) is 107 cm³/mol. The van der Waals surface area contributed by atoms with Crippen molar-refractivity contribution in [2.75, 3.05) is 5.73 Å². The van der Waals surface area contributed by atoms with Crippen LogP contribution in [0.1, 0.15) is 5.76 Å². The molecular weight excluding hydrogens is 373 g/mol. The lowest BCUT2D eigenvalue weighted by molar-refractivity contribution is 0.520. The van der Waals surface area contributed by atoms with Crippen LogP contribution in [0.15, 0.2) is 70.4 Å². The normalized spacial score (nSPS) is 11.3. The fraction of sp³-hybridized carbons (Fsp3) is 0.0476. The Bertz CT molecular complexity index is 1440. The molecule has 29 heavy (non-hydrogen) atoms. The van der Waals surface area contributed by atoms with Crippen molar-refractivity contribution in [3.05, 3.63) is 83.0 Å². The fourth-order valence-electron chi connectivity index (χ4n) is 3.41. The van der Waals surface area contributed by atoms with Gasteiger partial charge in [0, 0.05) is 5.56 Å². The molecule has 2 N–H and O–H groups in total. The maximum Gasteiger partial charge on any atom is 0.200 e. The quantitative estimate of drug-likeness (QED) is 0.509. The van der Waals surface area contributed by atoms with Gasteiger partial charge in [0.2, 0.25) is 5.43 Å². The van der Waals surface area contributed by atoms with Gasteiger partial charge in [-0.05, 0) is 18.2 Å². The first-order valence-corrected chi connectivity index (χ1v) is 8.84. The highest BCUT2D eigenvalue weighted by atomic mass is 19.1. The van der Waals surface area contributed by atoms with Crippen LogP contribution in [0.25, 0.3) is 33.3 Å². The molecule has 5 rings (SSSR count). The number of hydrogen-bond acceptors (Lipinski definition) is 6. The first-order chi connectivity index (χ1) is 14.1. The van der Waals surface area contributed by atoms with E-state index < -0.39 is 5.82 Å². The molecule has 0 fully saturated rings. The van der Waals surface area contributed by atoms with Gasteiger partial charge in [-0.3, -0.25) is 4.79 Å². The lowest BCUT2D eigenvalue weighted by Gasteiger charge is -2.12. The van der Waals surface area contributed by atoms with Crippen molar-refractivity contribution in [1.29, 1.82) is 0 Å². The van der Waals surface area contributed by atoms with Gasteiger partial charge >= 0.3 is 0 Å². The standard InChI is InChI=1S/C21H14FN5O2/c22-14-7-3-1-5-12(14)17-16(29-15-8-4-2-6-13(15)19(17)28)9-27-11-26-18-20(23)24-10-25-21(18)27/h1-8,10-11H,9H2,(H2,23,24,25). The van der Waals surface area contributed by atoms with Gasteiger partial charge in [-0.25, -0.2) is 19.3 Å². The molecule has 0 aliphatic heterocycles. The summed E-state index contributed by atoms with van der Waals surface area (Å²) in [6.45, 7) is 0.122. The highest BCUT2D eigenvalue weighted by Gasteiger charge is 2.20. The summed E-state index contributed by atoms with van der Waals surface area (Å²) >= 11 is 0. The molecule has 0 bridgehead atoms. The Morgan fingerprint density at radius 2 is 1.83 bits per heavy atom. The highest BCUT2D eigenvalue weighted by molar-refractivity contribution is 5.83. The van der Waals surface area contributed by atoms with E-state index in [2.05, 4.69) is 15.0 Å². The van der Waals surface area contributed by atoms with Gasteiger partial charge in [-0.2, -0.15) is 0 Å². The first-order valence-electron chi connectivity index (χ1n) is 8.84. The van der Waals surface area contributed by atoms with Crippen LogP contribution in [-0.2, 0) is 6.54 Å². The Morgan fingerprint density at radius 1 is 1.03 bits per heavy atom. The van der Waals surface area contributed by atoms with E-state index in [1.165, 1.54) is 18.7 Å². The predicted octanol–water partition coefficient (Wildman–Crippen LogP) is 3.37. The van der Waals surface area contributed by atoms with Crippen molar-refractivity contribution >= 4 is 28.0 Å². The average molecular weight is 387 g/mol. The molecule has 0 spiro atoms. The van der Waals surface area contributed by atoms with E-state index in [-0.39, 0.29) is 28.9 Å². The van der Waals surface area contributed by atoms with Crippen LogP contribution in [0.2, 0.25) is 0 Å². The maximum absolute atomic E-state index is 14.6. The highest BCUT2D eigenvalue weighted by Crippen LogP contribution is 2.28. The number of rotatable bonds is 3. The lowest BCUT2D eigenvalue weighted by atomic mass is 10.0. The number of anilines is 1. The van der Waals surface area contributed by atoms with Gasteiger partial charge in [0.25, 0.3) is 0 Å². The number of nitrogen functional groups attached to an aromatic ring is 1. The molecule has 3 aromatic heterocycles. The molecule has 3 heterocycles. The van der Waals surface area contributed by atoms with Crippen LogP contribution < -0.4 is 11.2 Å². The molecule has 0 radical (unpaired) electrons. The molecule has 0 aliphatic rings. The number of nitrogens with two attached hydrogens (primary N) is 1. The van der Waals surface area contributed by atoms with Gasteiger partial charge in [-0.1, -0.05) is 30.3 Å². The van der Waals surface area contributed by atoms with Crippen LogP contribution in [-0.4, -0.2) is 19.5 Å². The van der Waals surface area contributed by atoms with Gasteiger partial charge in [-0.15, -0.1) is 0 Å². The third-order valence-corrected chi connectivity index (χ3v) is 4.76. The summed E-state index contributed by atoms with van der Waals surface area (Å²) in [6, 6.07) is 13.0. The Labute approximate surface area is 163 Å². The summed E-state index contributed by atoms with van der Waals surface area (Å²) < 4.78 is 22.3. The number of aromatic nitrogens is 4. The molecule has 5 aromatic rings. The number of para-hydroxylation sites is 1. The Hall–Kier alpha value is -4.07. The summed E-state index contributed by atoms with van der Waals surface area (Å²) in [5.41, 5.74) is 7.27. The van der Waals surface area contributed by atoms with Crippen molar-refractivity contribution in [3.63, 3.8) is 0 Å². The SMILES string of the molecule is Nc1ncnc2c1ncn2Cc1oc2ccccc2c(=O)c1-c1ccccc1F. The van der Waals surface area contributed by atoms with Crippen LogP contribution in [0.4, 0.5) is 10.2 Å². The third kappa shape index (κ3) is 2.73. The minimum Gasteiger partial charge on any atom is -0.458 e. The van der Waals surface area contributed by atoms with Crippen molar-refractivity contribution in [2.45, 2.75) is 6.54 Å². The van der Waals surface area contributed by atoms with E-state index in [0.29, 0.717) is 27.9 Å². The van der Waals surface area contributed by atoms with E-state index in [0.717, 1.165) is 0 Å². The number of nitrogens with zero attached hydrogens (tertiary/aromatic N) is 4. The zero-order valence-corrected chi connectivity index (χ0v) is 15.0. The van der Waals surface area contributed by atoms with Crippen molar-refractivity contribution in [1.82, 2.24) is 19.5 Å². The molecule has 8 heteroatoms. The molecular formula is C21H14FN5O2. The summed E-state index contributed by atoms with van der Waals surface area (Å²) in [7, 11) is 0. The molecule has 0 amide bonds. The number of imidazole rings is 1. The molecule has 7 nitrogen and oxygen atoms in total. The molecule has 2 aromatic carbocycles. The Morgan fingerprint density at radius 3 is 2.69 bits per heavy atom. The van der Waals surface area contributed by atoms with Gasteiger partial charge < -0.3 is 14.7 Å². The monoisotopic (exact) mass is 387 g/mol. The summed E-state index contributed by atoms with van der Waals surface area (Å²) in [5, 5.41) is 0.386. The topological polar surface area (TPSA) is 99.8 Å². The smallest absolute Gasteiger partial charge is 0.200 e. The first kappa shape index (κ1) is 17.1.